The Bertz CT molecular complexity index is 645. The third kappa shape index (κ3) is 2.22. The third-order valence-corrected chi connectivity index (χ3v) is 3.78. The Hall–Kier alpha value is -2.10. The molecule has 0 N–H and O–H groups in total. The number of anilines is 1. The molecule has 0 unspecified atom stereocenters. The van der Waals surface area contributed by atoms with Crippen LogP contribution >= 0.6 is 0 Å². The number of carbonyl (C=O) groups excluding carboxylic acids is 1. The van der Waals surface area contributed by atoms with Crippen molar-refractivity contribution in [2.24, 2.45) is 0 Å². The van der Waals surface area contributed by atoms with E-state index in [9.17, 15) is 4.79 Å². The van der Waals surface area contributed by atoms with Gasteiger partial charge in [-0.15, -0.1) is 0 Å². The minimum absolute atomic E-state index is 0.129. The molecule has 0 bridgehead atoms. The van der Waals surface area contributed by atoms with E-state index in [0.717, 1.165) is 48.2 Å². The number of amides is 1. The van der Waals surface area contributed by atoms with Gasteiger partial charge in [0.1, 0.15) is 5.82 Å². The number of nitrogens with zero attached hydrogens (tertiary/aromatic N) is 3. The fraction of sp³-hybridized carbons (Fsp3) is 0.375. The van der Waals surface area contributed by atoms with E-state index in [0.29, 0.717) is 0 Å². The van der Waals surface area contributed by atoms with Crippen molar-refractivity contribution in [3.05, 3.63) is 35.9 Å². The molecule has 2 aromatic rings. The topological polar surface area (TPSA) is 36.4 Å². The zero-order valence-corrected chi connectivity index (χ0v) is 12.0. The summed E-state index contributed by atoms with van der Waals surface area (Å²) in [6.45, 7) is 1.74. The van der Waals surface area contributed by atoms with Crippen molar-refractivity contribution in [2.75, 3.05) is 32.1 Å². The Morgan fingerprint density at radius 2 is 1.90 bits per heavy atom. The van der Waals surface area contributed by atoms with Gasteiger partial charge in [0.15, 0.2) is 0 Å². The molecule has 0 aliphatic carbocycles. The molecule has 2 heterocycles. The molecule has 4 heteroatoms. The highest BCUT2D eigenvalue weighted by Gasteiger charge is 2.22. The number of likely N-dealkylation sites (tertiary alicyclic amines) is 1. The summed E-state index contributed by atoms with van der Waals surface area (Å²) in [4.78, 5) is 21.2. The van der Waals surface area contributed by atoms with Gasteiger partial charge in [-0.2, -0.15) is 0 Å². The number of pyridine rings is 1. The molecule has 0 atom stereocenters. The van der Waals surface area contributed by atoms with Crippen LogP contribution in [0.2, 0.25) is 0 Å². The molecule has 1 fully saturated rings. The summed E-state index contributed by atoms with van der Waals surface area (Å²) in [5.74, 6) is 0.954. The van der Waals surface area contributed by atoms with E-state index in [4.69, 9.17) is 0 Å². The van der Waals surface area contributed by atoms with Crippen LogP contribution in [0.3, 0.4) is 0 Å². The maximum atomic E-state index is 12.7. The highest BCUT2D eigenvalue weighted by atomic mass is 16.2. The summed E-state index contributed by atoms with van der Waals surface area (Å²) in [6.07, 6.45) is 2.21. The van der Waals surface area contributed by atoms with Crippen molar-refractivity contribution in [3.8, 4) is 0 Å². The minimum atomic E-state index is 0.129. The first-order valence-corrected chi connectivity index (χ1v) is 7.03. The number of hydrogen-bond acceptors (Lipinski definition) is 3. The molecule has 1 aromatic heterocycles. The van der Waals surface area contributed by atoms with Gasteiger partial charge in [0.05, 0.1) is 11.1 Å². The average molecular weight is 269 g/mol. The lowest BCUT2D eigenvalue weighted by Crippen LogP contribution is -2.28. The van der Waals surface area contributed by atoms with Gasteiger partial charge in [0.25, 0.3) is 5.91 Å². The largest absolute Gasteiger partial charge is 0.363 e. The molecule has 20 heavy (non-hydrogen) atoms. The van der Waals surface area contributed by atoms with Gasteiger partial charge in [0.2, 0.25) is 0 Å². The molecule has 0 saturated carbocycles. The normalized spacial score (nSPS) is 14.8. The van der Waals surface area contributed by atoms with Crippen molar-refractivity contribution in [2.45, 2.75) is 12.8 Å². The minimum Gasteiger partial charge on any atom is -0.363 e. The van der Waals surface area contributed by atoms with Crippen molar-refractivity contribution in [3.63, 3.8) is 0 Å². The van der Waals surface area contributed by atoms with Crippen LogP contribution in [0.25, 0.3) is 10.9 Å². The van der Waals surface area contributed by atoms with Gasteiger partial charge in [-0.3, -0.25) is 4.79 Å². The van der Waals surface area contributed by atoms with Crippen LogP contribution in [0.5, 0.6) is 0 Å². The number of rotatable bonds is 2. The smallest absolute Gasteiger partial charge is 0.254 e. The Morgan fingerprint density at radius 1 is 1.20 bits per heavy atom. The maximum Gasteiger partial charge on any atom is 0.254 e. The number of carbonyl (C=O) groups is 1. The van der Waals surface area contributed by atoms with E-state index in [-0.39, 0.29) is 5.91 Å². The summed E-state index contributed by atoms with van der Waals surface area (Å²) in [5.41, 5.74) is 1.64. The quantitative estimate of drug-likeness (QED) is 0.840. The summed E-state index contributed by atoms with van der Waals surface area (Å²) in [7, 11) is 3.89. The predicted octanol–water partition coefficient (Wildman–Crippen LogP) is 2.54. The molecular formula is C16H19N3O. The number of benzene rings is 1. The van der Waals surface area contributed by atoms with Crippen LogP contribution in [0.15, 0.2) is 30.3 Å². The number of aromatic nitrogens is 1. The lowest BCUT2D eigenvalue weighted by molar-refractivity contribution is 0.0794. The van der Waals surface area contributed by atoms with Gasteiger partial charge in [-0.1, -0.05) is 18.2 Å². The van der Waals surface area contributed by atoms with Crippen LogP contribution < -0.4 is 4.90 Å². The summed E-state index contributed by atoms with van der Waals surface area (Å²) in [6, 6.07) is 9.76. The second kappa shape index (κ2) is 5.12. The van der Waals surface area contributed by atoms with Crippen LogP contribution in [0.4, 0.5) is 5.82 Å². The molecule has 1 aliphatic rings. The van der Waals surface area contributed by atoms with Crippen LogP contribution in [0.1, 0.15) is 23.2 Å². The van der Waals surface area contributed by atoms with E-state index in [2.05, 4.69) is 4.98 Å². The lowest BCUT2D eigenvalue weighted by atomic mass is 10.1. The van der Waals surface area contributed by atoms with E-state index in [1.54, 1.807) is 0 Å². The van der Waals surface area contributed by atoms with E-state index in [1.807, 2.05) is 54.2 Å². The maximum absolute atomic E-state index is 12.7. The molecule has 4 nitrogen and oxygen atoms in total. The first-order valence-electron chi connectivity index (χ1n) is 7.03. The highest BCUT2D eigenvalue weighted by molar-refractivity contribution is 6.07. The first-order chi connectivity index (χ1) is 9.66. The van der Waals surface area contributed by atoms with Crippen molar-refractivity contribution in [1.82, 2.24) is 9.88 Å². The molecule has 1 aliphatic heterocycles. The van der Waals surface area contributed by atoms with Gasteiger partial charge in [-0.05, 0) is 25.0 Å². The van der Waals surface area contributed by atoms with Crippen LogP contribution in [-0.2, 0) is 0 Å². The molecule has 0 radical (unpaired) electrons. The molecule has 1 amide bonds. The molecule has 1 saturated heterocycles. The third-order valence-electron chi connectivity index (χ3n) is 3.78. The zero-order chi connectivity index (χ0) is 14.1. The molecular weight excluding hydrogens is 250 g/mol. The molecule has 1 aromatic carbocycles. The summed E-state index contributed by atoms with van der Waals surface area (Å²) < 4.78 is 0. The van der Waals surface area contributed by atoms with Gasteiger partial charge < -0.3 is 9.80 Å². The highest BCUT2D eigenvalue weighted by Crippen LogP contribution is 2.24. The zero-order valence-electron chi connectivity index (χ0n) is 12.0. The Labute approximate surface area is 119 Å². The van der Waals surface area contributed by atoms with E-state index in [1.165, 1.54) is 0 Å². The Morgan fingerprint density at radius 3 is 2.60 bits per heavy atom. The predicted molar refractivity (Wildman–Crippen MR) is 81.2 cm³/mol. The molecule has 3 rings (SSSR count). The monoisotopic (exact) mass is 269 g/mol. The number of hydrogen-bond donors (Lipinski definition) is 0. The van der Waals surface area contributed by atoms with Gasteiger partial charge in [-0.25, -0.2) is 4.98 Å². The average Bonchev–Trinajstić information content (AvgIpc) is 2.99. The second-order valence-electron chi connectivity index (χ2n) is 5.44. The molecule has 104 valence electrons. The second-order valence-corrected chi connectivity index (χ2v) is 5.44. The lowest BCUT2D eigenvalue weighted by Gasteiger charge is -2.19. The van der Waals surface area contributed by atoms with Crippen molar-refractivity contribution >= 4 is 22.6 Å². The standard InChI is InChI=1S/C16H19N3O/c1-18(2)15-11-13(16(20)19-9-5-6-10-19)12-7-3-4-8-14(12)17-15/h3-4,7-8,11H,5-6,9-10H2,1-2H3. The Kier molecular flexibility index (Phi) is 3.30. The first kappa shape index (κ1) is 12.9. The Balaban J connectivity index is 2.14. The SMILES string of the molecule is CN(C)c1cc(C(=O)N2CCCC2)c2ccccc2n1. The summed E-state index contributed by atoms with van der Waals surface area (Å²) >= 11 is 0. The van der Waals surface area contributed by atoms with Crippen LogP contribution in [0, 0.1) is 0 Å². The fourth-order valence-corrected chi connectivity index (χ4v) is 2.66. The number of para-hydroxylation sites is 1. The van der Waals surface area contributed by atoms with E-state index >= 15 is 0 Å². The van der Waals surface area contributed by atoms with E-state index < -0.39 is 0 Å². The van der Waals surface area contributed by atoms with Crippen molar-refractivity contribution in [1.29, 1.82) is 0 Å². The van der Waals surface area contributed by atoms with Crippen molar-refractivity contribution < 1.29 is 4.79 Å². The van der Waals surface area contributed by atoms with Gasteiger partial charge >= 0.3 is 0 Å². The van der Waals surface area contributed by atoms with Gasteiger partial charge in [0, 0.05) is 32.6 Å². The van der Waals surface area contributed by atoms with Crippen LogP contribution in [-0.4, -0.2) is 43.0 Å². The fourth-order valence-electron chi connectivity index (χ4n) is 2.66. The molecule has 0 spiro atoms. The summed E-state index contributed by atoms with van der Waals surface area (Å²) in [5, 5.41) is 0.940. The number of fused-ring (bicyclic) bond motifs is 1.